The fraction of sp³-hybridized carbons (Fsp3) is 0.462. The normalized spacial score (nSPS) is 10.1. The number of nitrogens with two attached hydrogens (primary N) is 1. The van der Waals surface area contributed by atoms with Gasteiger partial charge in [-0.05, 0) is 12.1 Å². The Labute approximate surface area is 117 Å². The minimum atomic E-state index is -0.174. The van der Waals surface area contributed by atoms with Crippen LogP contribution in [-0.4, -0.2) is 43.6 Å². The standard InChI is InChI=1S/C13H20N4O3/c1-20-7-6-16-12(18)4-5-15-13(19)8-11-3-2-10(14)9-17-11/h2-3,9H,4-8,14H2,1H3,(H,15,19)(H,16,18). The van der Waals surface area contributed by atoms with E-state index in [1.54, 1.807) is 19.2 Å². The molecule has 7 heteroatoms. The minimum Gasteiger partial charge on any atom is -0.397 e. The fourth-order valence-electron chi connectivity index (χ4n) is 1.46. The second-order valence-corrected chi connectivity index (χ2v) is 4.20. The van der Waals surface area contributed by atoms with Crippen molar-refractivity contribution in [2.24, 2.45) is 0 Å². The summed E-state index contributed by atoms with van der Waals surface area (Å²) in [4.78, 5) is 27.0. The van der Waals surface area contributed by atoms with E-state index < -0.39 is 0 Å². The highest BCUT2D eigenvalue weighted by molar-refractivity contribution is 5.80. The lowest BCUT2D eigenvalue weighted by molar-refractivity contribution is -0.122. The van der Waals surface area contributed by atoms with Crippen LogP contribution in [0.5, 0.6) is 0 Å². The topological polar surface area (TPSA) is 106 Å². The number of pyridine rings is 1. The summed E-state index contributed by atoms with van der Waals surface area (Å²) in [6.45, 7) is 1.24. The van der Waals surface area contributed by atoms with Crippen LogP contribution in [0.2, 0.25) is 0 Å². The van der Waals surface area contributed by atoms with Gasteiger partial charge in [-0.3, -0.25) is 14.6 Å². The molecule has 0 aliphatic rings. The molecule has 1 rings (SSSR count). The molecule has 0 fully saturated rings. The lowest BCUT2D eigenvalue weighted by Gasteiger charge is -2.06. The van der Waals surface area contributed by atoms with Gasteiger partial charge in [-0.2, -0.15) is 0 Å². The van der Waals surface area contributed by atoms with Gasteiger partial charge in [0.25, 0.3) is 0 Å². The van der Waals surface area contributed by atoms with Crippen LogP contribution in [0, 0.1) is 0 Å². The van der Waals surface area contributed by atoms with Crippen molar-refractivity contribution in [1.29, 1.82) is 0 Å². The maximum atomic E-state index is 11.6. The maximum absolute atomic E-state index is 11.6. The van der Waals surface area contributed by atoms with Gasteiger partial charge in [0.2, 0.25) is 11.8 Å². The zero-order valence-electron chi connectivity index (χ0n) is 11.5. The Morgan fingerprint density at radius 1 is 1.25 bits per heavy atom. The van der Waals surface area contributed by atoms with Crippen LogP contribution in [0.4, 0.5) is 5.69 Å². The Kier molecular flexibility index (Phi) is 7.05. The van der Waals surface area contributed by atoms with E-state index in [-0.39, 0.29) is 24.7 Å². The van der Waals surface area contributed by atoms with E-state index in [4.69, 9.17) is 10.5 Å². The summed E-state index contributed by atoms with van der Waals surface area (Å²) < 4.78 is 4.81. The second-order valence-electron chi connectivity index (χ2n) is 4.20. The quantitative estimate of drug-likeness (QED) is 0.555. The van der Waals surface area contributed by atoms with E-state index in [2.05, 4.69) is 15.6 Å². The third-order valence-electron chi connectivity index (χ3n) is 2.49. The number of hydrogen-bond acceptors (Lipinski definition) is 5. The highest BCUT2D eigenvalue weighted by atomic mass is 16.5. The molecule has 0 aliphatic heterocycles. The number of carbonyl (C=O) groups excluding carboxylic acids is 2. The maximum Gasteiger partial charge on any atom is 0.226 e. The fourth-order valence-corrected chi connectivity index (χ4v) is 1.46. The van der Waals surface area contributed by atoms with Crippen molar-refractivity contribution >= 4 is 17.5 Å². The number of ether oxygens (including phenoxy) is 1. The smallest absolute Gasteiger partial charge is 0.226 e. The molecule has 4 N–H and O–H groups in total. The second kappa shape index (κ2) is 8.87. The first-order chi connectivity index (χ1) is 9.61. The van der Waals surface area contributed by atoms with Crippen LogP contribution in [0.3, 0.4) is 0 Å². The van der Waals surface area contributed by atoms with E-state index in [1.807, 2.05) is 0 Å². The molecule has 0 unspecified atom stereocenters. The predicted octanol–water partition coefficient (Wildman–Crippen LogP) is -0.525. The first-order valence-electron chi connectivity index (χ1n) is 6.34. The van der Waals surface area contributed by atoms with Gasteiger partial charge in [0.1, 0.15) is 0 Å². The summed E-state index contributed by atoms with van der Waals surface area (Å²) in [5, 5.41) is 5.34. The Balaban J connectivity index is 2.17. The predicted molar refractivity (Wildman–Crippen MR) is 74.9 cm³/mol. The van der Waals surface area contributed by atoms with E-state index in [0.717, 1.165) is 0 Å². The molecule has 1 aromatic rings. The Morgan fingerprint density at radius 2 is 2.00 bits per heavy atom. The summed E-state index contributed by atoms with van der Waals surface area (Å²) in [6.07, 6.45) is 1.92. The minimum absolute atomic E-state index is 0.118. The van der Waals surface area contributed by atoms with E-state index in [0.29, 0.717) is 31.1 Å². The molecule has 0 radical (unpaired) electrons. The van der Waals surface area contributed by atoms with Crippen LogP contribution in [-0.2, 0) is 20.7 Å². The van der Waals surface area contributed by atoms with Crippen molar-refractivity contribution in [3.8, 4) is 0 Å². The van der Waals surface area contributed by atoms with Crippen molar-refractivity contribution in [1.82, 2.24) is 15.6 Å². The van der Waals surface area contributed by atoms with Crippen LogP contribution in [0.1, 0.15) is 12.1 Å². The lowest BCUT2D eigenvalue weighted by Crippen LogP contribution is -2.32. The monoisotopic (exact) mass is 280 g/mol. The van der Waals surface area contributed by atoms with Crippen LogP contribution < -0.4 is 16.4 Å². The first-order valence-corrected chi connectivity index (χ1v) is 6.34. The van der Waals surface area contributed by atoms with Gasteiger partial charge >= 0.3 is 0 Å². The number of carbonyl (C=O) groups is 2. The van der Waals surface area contributed by atoms with Crippen LogP contribution in [0.25, 0.3) is 0 Å². The number of anilines is 1. The molecule has 7 nitrogen and oxygen atoms in total. The number of hydrogen-bond donors (Lipinski definition) is 3. The number of methoxy groups -OCH3 is 1. The summed E-state index contributed by atoms with van der Waals surface area (Å²) in [7, 11) is 1.57. The average molecular weight is 280 g/mol. The average Bonchev–Trinajstić information content (AvgIpc) is 2.42. The molecule has 0 bridgehead atoms. The molecule has 2 amide bonds. The number of nitrogens with zero attached hydrogens (tertiary/aromatic N) is 1. The van der Waals surface area contributed by atoms with Crippen LogP contribution >= 0.6 is 0 Å². The molecule has 0 atom stereocenters. The number of amides is 2. The molecule has 0 spiro atoms. The Morgan fingerprint density at radius 3 is 2.65 bits per heavy atom. The van der Waals surface area contributed by atoms with Gasteiger partial charge in [0, 0.05) is 32.3 Å². The van der Waals surface area contributed by atoms with Crippen molar-refractivity contribution in [2.75, 3.05) is 32.5 Å². The van der Waals surface area contributed by atoms with Gasteiger partial charge in [-0.1, -0.05) is 0 Å². The summed E-state index contributed by atoms with van der Waals surface area (Å²) >= 11 is 0. The largest absolute Gasteiger partial charge is 0.397 e. The van der Waals surface area contributed by atoms with Gasteiger partial charge in [-0.25, -0.2) is 0 Å². The van der Waals surface area contributed by atoms with Gasteiger partial charge in [-0.15, -0.1) is 0 Å². The first kappa shape index (κ1) is 15.9. The van der Waals surface area contributed by atoms with Crippen molar-refractivity contribution < 1.29 is 14.3 Å². The molecule has 1 aromatic heterocycles. The van der Waals surface area contributed by atoms with E-state index in [9.17, 15) is 9.59 Å². The number of nitrogens with one attached hydrogen (secondary N) is 2. The zero-order chi connectivity index (χ0) is 14.8. The summed E-state index contributed by atoms with van der Waals surface area (Å²) in [6, 6.07) is 3.39. The highest BCUT2D eigenvalue weighted by Crippen LogP contribution is 2.01. The Hall–Kier alpha value is -2.15. The van der Waals surface area contributed by atoms with Crippen LogP contribution in [0.15, 0.2) is 18.3 Å². The number of rotatable bonds is 8. The third kappa shape index (κ3) is 6.69. The van der Waals surface area contributed by atoms with Crippen molar-refractivity contribution in [3.05, 3.63) is 24.0 Å². The molecular weight excluding hydrogens is 260 g/mol. The van der Waals surface area contributed by atoms with Crippen molar-refractivity contribution in [2.45, 2.75) is 12.8 Å². The van der Waals surface area contributed by atoms with E-state index >= 15 is 0 Å². The number of nitrogen functional groups attached to an aromatic ring is 1. The molecule has 0 aromatic carbocycles. The zero-order valence-corrected chi connectivity index (χ0v) is 11.5. The van der Waals surface area contributed by atoms with Gasteiger partial charge in [0.05, 0.1) is 24.9 Å². The molecule has 0 aliphatic carbocycles. The third-order valence-corrected chi connectivity index (χ3v) is 2.49. The van der Waals surface area contributed by atoms with E-state index in [1.165, 1.54) is 6.20 Å². The molecular formula is C13H20N4O3. The molecule has 110 valence electrons. The highest BCUT2D eigenvalue weighted by Gasteiger charge is 2.05. The lowest BCUT2D eigenvalue weighted by atomic mass is 10.2. The summed E-state index contributed by atoms with van der Waals surface area (Å²) in [5.74, 6) is -0.292. The van der Waals surface area contributed by atoms with Gasteiger partial charge < -0.3 is 21.1 Å². The Bertz CT molecular complexity index is 434. The molecule has 0 saturated heterocycles. The molecule has 1 heterocycles. The number of aromatic nitrogens is 1. The SMILES string of the molecule is COCCNC(=O)CCNC(=O)Cc1ccc(N)cn1. The molecule has 20 heavy (non-hydrogen) atoms. The van der Waals surface area contributed by atoms with Crippen molar-refractivity contribution in [3.63, 3.8) is 0 Å². The van der Waals surface area contributed by atoms with Gasteiger partial charge in [0.15, 0.2) is 0 Å². The molecule has 0 saturated carbocycles. The summed E-state index contributed by atoms with van der Waals surface area (Å²) in [5.41, 5.74) is 6.70.